The number of hydrogen-bond acceptors (Lipinski definition) is 3. The van der Waals surface area contributed by atoms with Crippen molar-refractivity contribution < 1.29 is 4.79 Å². The summed E-state index contributed by atoms with van der Waals surface area (Å²) in [6.07, 6.45) is 1.64. The Morgan fingerprint density at radius 3 is 2.34 bits per heavy atom. The maximum atomic E-state index is 12.5. The number of amides is 1. The molecule has 0 saturated carbocycles. The molecule has 1 aromatic heterocycles. The molecule has 8 heteroatoms. The van der Waals surface area contributed by atoms with Gasteiger partial charge in [0.25, 0.3) is 5.91 Å². The molecule has 1 heterocycles. The van der Waals surface area contributed by atoms with Gasteiger partial charge in [-0.05, 0) is 80.1 Å². The number of hydrogen-bond donors (Lipinski definition) is 1. The summed E-state index contributed by atoms with van der Waals surface area (Å²) in [5, 5.41) is 5.89. The highest BCUT2D eigenvalue weighted by atomic mass is 35.5. The third-order valence-electron chi connectivity index (χ3n) is 5.44. The smallest absolute Gasteiger partial charge is 0.271 e. The second kappa shape index (κ2) is 11.4. The van der Waals surface area contributed by atoms with E-state index in [-0.39, 0.29) is 5.91 Å². The summed E-state index contributed by atoms with van der Waals surface area (Å²) >= 11 is 19.9. The Balaban J connectivity index is 1.37. The van der Waals surface area contributed by atoms with Crippen molar-refractivity contribution in [3.63, 3.8) is 0 Å². The number of benzene rings is 3. The molecule has 3 aromatic carbocycles. The molecule has 1 N–H and O–H groups in total. The van der Waals surface area contributed by atoms with E-state index in [0.29, 0.717) is 15.6 Å². The molecular weight excluding hydrogens is 521 g/mol. The molecule has 4 rings (SSSR count). The Morgan fingerprint density at radius 1 is 0.943 bits per heavy atom. The van der Waals surface area contributed by atoms with Crippen LogP contribution < -0.4 is 5.43 Å². The fourth-order valence-electron chi connectivity index (χ4n) is 3.61. The monoisotopic (exact) mass is 541 g/mol. The van der Waals surface area contributed by atoms with Gasteiger partial charge in [-0.15, -0.1) is 11.8 Å². The number of halogens is 3. The van der Waals surface area contributed by atoms with Crippen LogP contribution in [-0.4, -0.2) is 16.7 Å². The van der Waals surface area contributed by atoms with Crippen LogP contribution in [0.3, 0.4) is 0 Å². The molecule has 35 heavy (non-hydrogen) atoms. The molecule has 0 unspecified atom stereocenters. The largest absolute Gasteiger partial charge is 0.318 e. The van der Waals surface area contributed by atoms with Crippen molar-refractivity contribution in [1.82, 2.24) is 9.99 Å². The molecule has 0 saturated heterocycles. The topological polar surface area (TPSA) is 46.4 Å². The predicted octanol–water partition coefficient (Wildman–Crippen LogP) is 8.11. The van der Waals surface area contributed by atoms with Crippen LogP contribution in [-0.2, 0) is 5.75 Å². The number of rotatable bonds is 7. The Hall–Kier alpha value is -2.70. The van der Waals surface area contributed by atoms with Crippen molar-refractivity contribution in [2.24, 2.45) is 5.10 Å². The van der Waals surface area contributed by atoms with Crippen LogP contribution in [0.2, 0.25) is 15.1 Å². The fourth-order valence-corrected chi connectivity index (χ4v) is 4.89. The molecule has 0 spiro atoms. The molecular formula is C27H22Cl3N3OS. The van der Waals surface area contributed by atoms with Crippen molar-refractivity contribution >= 4 is 58.7 Å². The Morgan fingerprint density at radius 2 is 1.66 bits per heavy atom. The molecule has 0 atom stereocenters. The highest BCUT2D eigenvalue weighted by Crippen LogP contribution is 2.27. The average Bonchev–Trinajstić information content (AvgIpc) is 3.13. The predicted molar refractivity (Wildman–Crippen MR) is 148 cm³/mol. The van der Waals surface area contributed by atoms with Crippen LogP contribution in [0.5, 0.6) is 0 Å². The molecule has 0 aliphatic rings. The number of nitrogens with one attached hydrogen (secondary N) is 1. The zero-order valence-electron chi connectivity index (χ0n) is 19.1. The zero-order chi connectivity index (χ0) is 24.9. The van der Waals surface area contributed by atoms with Gasteiger partial charge in [-0.1, -0.05) is 46.9 Å². The molecule has 0 aliphatic carbocycles. The van der Waals surface area contributed by atoms with Crippen LogP contribution in [0.4, 0.5) is 0 Å². The number of aromatic nitrogens is 1. The molecule has 1 amide bonds. The number of nitrogens with zero attached hydrogens (tertiary/aromatic N) is 2. The lowest BCUT2D eigenvalue weighted by Gasteiger charge is -2.10. The normalized spacial score (nSPS) is 11.2. The number of carbonyl (C=O) groups excluding carboxylic acids is 1. The fraction of sp³-hybridized carbons (Fsp3) is 0.111. The molecule has 0 radical (unpaired) electrons. The molecule has 178 valence electrons. The van der Waals surface area contributed by atoms with Gasteiger partial charge in [0.2, 0.25) is 0 Å². The van der Waals surface area contributed by atoms with Crippen LogP contribution in [0, 0.1) is 13.8 Å². The second-order valence-corrected chi connectivity index (χ2v) is 10.2. The van der Waals surface area contributed by atoms with E-state index in [1.807, 2.05) is 68.4 Å². The van der Waals surface area contributed by atoms with Gasteiger partial charge < -0.3 is 4.57 Å². The summed E-state index contributed by atoms with van der Waals surface area (Å²) in [7, 11) is 0. The number of thioether (sulfide) groups is 1. The van der Waals surface area contributed by atoms with Crippen LogP contribution in [0.15, 0.2) is 82.8 Å². The van der Waals surface area contributed by atoms with Crippen molar-refractivity contribution in [2.75, 3.05) is 0 Å². The highest BCUT2D eigenvalue weighted by Gasteiger charge is 2.11. The molecule has 4 nitrogen and oxygen atoms in total. The van der Waals surface area contributed by atoms with Gasteiger partial charge in [-0.2, -0.15) is 5.10 Å². The van der Waals surface area contributed by atoms with Gasteiger partial charge >= 0.3 is 0 Å². The Bertz CT molecular complexity index is 1380. The molecule has 0 bridgehead atoms. The van der Waals surface area contributed by atoms with Gasteiger partial charge in [0.05, 0.1) is 16.3 Å². The number of carbonyl (C=O) groups is 1. The maximum absolute atomic E-state index is 12.5. The lowest BCUT2D eigenvalue weighted by molar-refractivity contribution is 0.0955. The van der Waals surface area contributed by atoms with Crippen molar-refractivity contribution in [2.45, 2.75) is 24.5 Å². The van der Waals surface area contributed by atoms with Crippen molar-refractivity contribution in [1.29, 1.82) is 0 Å². The number of hydrazone groups is 1. The van der Waals surface area contributed by atoms with Gasteiger partial charge in [0.1, 0.15) is 0 Å². The van der Waals surface area contributed by atoms with Gasteiger partial charge in [-0.3, -0.25) is 4.79 Å². The summed E-state index contributed by atoms with van der Waals surface area (Å²) in [4.78, 5) is 13.7. The standard InChI is InChI=1S/C27H22Cl3N3OS/c1-17-13-21(18(2)33(17)23-9-12-25(29)26(30)14-23)15-31-32-27(34)20-5-3-19(4-6-20)16-35-24-10-7-22(28)8-11-24/h3-15H,16H2,1-2H3,(H,32,34)/b31-15-. The summed E-state index contributed by atoms with van der Waals surface area (Å²) in [5.41, 5.74) is 8.07. The van der Waals surface area contributed by atoms with E-state index < -0.39 is 0 Å². The summed E-state index contributed by atoms with van der Waals surface area (Å²) < 4.78 is 2.06. The zero-order valence-corrected chi connectivity index (χ0v) is 22.1. The van der Waals surface area contributed by atoms with Crippen molar-refractivity contribution in [3.8, 4) is 5.69 Å². The first-order chi connectivity index (χ1) is 16.8. The molecule has 0 fully saturated rings. The van der Waals surface area contributed by atoms with Crippen LogP contribution >= 0.6 is 46.6 Å². The van der Waals surface area contributed by atoms with Gasteiger partial charge in [-0.25, -0.2) is 5.43 Å². The van der Waals surface area contributed by atoms with E-state index in [1.54, 1.807) is 36.2 Å². The quantitative estimate of drug-likeness (QED) is 0.146. The summed E-state index contributed by atoms with van der Waals surface area (Å²) in [5.74, 6) is 0.535. The summed E-state index contributed by atoms with van der Waals surface area (Å²) in [6.45, 7) is 3.98. The first-order valence-corrected chi connectivity index (χ1v) is 12.9. The lowest BCUT2D eigenvalue weighted by Crippen LogP contribution is -2.17. The SMILES string of the molecule is Cc1cc(/C=N\NC(=O)c2ccc(CSc3ccc(Cl)cc3)cc2)c(C)n1-c1ccc(Cl)c(Cl)c1. The minimum atomic E-state index is -0.267. The maximum Gasteiger partial charge on any atom is 0.271 e. The Labute approximate surface area is 223 Å². The van der Waals surface area contributed by atoms with Crippen LogP contribution in [0.1, 0.15) is 32.9 Å². The van der Waals surface area contributed by atoms with E-state index in [0.717, 1.165) is 43.9 Å². The first kappa shape index (κ1) is 25.4. The first-order valence-electron chi connectivity index (χ1n) is 10.8. The third-order valence-corrected chi connectivity index (χ3v) is 7.51. The lowest BCUT2D eigenvalue weighted by atomic mass is 10.1. The average molecular weight is 543 g/mol. The van der Waals surface area contributed by atoms with E-state index in [1.165, 1.54) is 0 Å². The number of aryl methyl sites for hydroxylation is 1. The minimum Gasteiger partial charge on any atom is -0.318 e. The Kier molecular flexibility index (Phi) is 8.24. The third kappa shape index (κ3) is 6.30. The van der Waals surface area contributed by atoms with E-state index in [2.05, 4.69) is 15.1 Å². The van der Waals surface area contributed by atoms with Gasteiger partial charge in [0, 0.05) is 43.9 Å². The second-order valence-electron chi connectivity index (χ2n) is 7.90. The highest BCUT2D eigenvalue weighted by molar-refractivity contribution is 7.98. The summed E-state index contributed by atoms with van der Waals surface area (Å²) in [6, 6.07) is 22.8. The van der Waals surface area contributed by atoms with E-state index in [9.17, 15) is 4.79 Å². The molecule has 0 aliphatic heterocycles. The van der Waals surface area contributed by atoms with Gasteiger partial charge in [0.15, 0.2) is 0 Å². The molecule has 4 aromatic rings. The van der Waals surface area contributed by atoms with Crippen LogP contribution in [0.25, 0.3) is 5.69 Å². The van der Waals surface area contributed by atoms with Crippen molar-refractivity contribution in [3.05, 3.63) is 116 Å². The van der Waals surface area contributed by atoms with E-state index >= 15 is 0 Å². The van der Waals surface area contributed by atoms with E-state index in [4.69, 9.17) is 34.8 Å². The minimum absolute atomic E-state index is 0.267.